The molecule has 2 heterocycles. The Morgan fingerprint density at radius 2 is 2.16 bits per heavy atom. The number of aromatic nitrogens is 2. The molecule has 0 saturated heterocycles. The summed E-state index contributed by atoms with van der Waals surface area (Å²) in [7, 11) is 0. The van der Waals surface area contributed by atoms with Gasteiger partial charge < -0.3 is 10.6 Å². The third kappa shape index (κ3) is 3.22. The highest BCUT2D eigenvalue weighted by atomic mass is 32.1. The second kappa shape index (κ2) is 5.84. The number of thiophene rings is 1. The molecule has 0 amide bonds. The molecule has 104 valence electrons. The van der Waals surface area contributed by atoms with Crippen LogP contribution in [0.4, 0.5) is 5.82 Å². The first kappa shape index (κ1) is 14.2. The molecule has 4 nitrogen and oxygen atoms in total. The van der Waals surface area contributed by atoms with Gasteiger partial charge in [0.2, 0.25) is 0 Å². The van der Waals surface area contributed by atoms with Gasteiger partial charge in [0, 0.05) is 13.1 Å². The standard InChI is InChI=1S/C14H22N4S/c1-4-6-18(9-14(2,3)8-15)13-12-11(5-7-19-12)16-10-17-13/h5,7,10H,4,6,8-9,15H2,1-3H3. The SMILES string of the molecule is CCCN(CC(C)(C)CN)c1ncnc2ccsc12. The van der Waals surface area contributed by atoms with Crippen LogP contribution in [-0.4, -0.2) is 29.6 Å². The van der Waals surface area contributed by atoms with Crippen LogP contribution in [0.15, 0.2) is 17.8 Å². The van der Waals surface area contributed by atoms with Gasteiger partial charge in [0.1, 0.15) is 12.1 Å². The number of anilines is 1. The summed E-state index contributed by atoms with van der Waals surface area (Å²) in [4.78, 5) is 11.2. The maximum absolute atomic E-state index is 5.86. The Kier molecular flexibility index (Phi) is 4.37. The van der Waals surface area contributed by atoms with Crippen LogP contribution in [-0.2, 0) is 0 Å². The number of hydrogen-bond donors (Lipinski definition) is 1. The predicted octanol–water partition coefficient (Wildman–Crippen LogP) is 2.89. The van der Waals surface area contributed by atoms with E-state index in [-0.39, 0.29) is 5.41 Å². The van der Waals surface area contributed by atoms with Gasteiger partial charge in [0.15, 0.2) is 0 Å². The fraction of sp³-hybridized carbons (Fsp3) is 0.571. The van der Waals surface area contributed by atoms with Gasteiger partial charge in [0.05, 0.1) is 10.2 Å². The number of rotatable bonds is 6. The van der Waals surface area contributed by atoms with Gasteiger partial charge in [0.25, 0.3) is 0 Å². The van der Waals surface area contributed by atoms with Gasteiger partial charge in [-0.2, -0.15) is 0 Å². The third-order valence-corrected chi connectivity index (χ3v) is 4.09. The second-order valence-electron chi connectivity index (χ2n) is 5.62. The van der Waals surface area contributed by atoms with E-state index < -0.39 is 0 Å². The summed E-state index contributed by atoms with van der Waals surface area (Å²) in [5.74, 6) is 1.04. The monoisotopic (exact) mass is 278 g/mol. The lowest BCUT2D eigenvalue weighted by atomic mass is 9.93. The zero-order valence-electron chi connectivity index (χ0n) is 11.9. The molecule has 0 bridgehead atoms. The summed E-state index contributed by atoms with van der Waals surface area (Å²) in [5, 5.41) is 2.07. The Labute approximate surface area is 118 Å². The summed E-state index contributed by atoms with van der Waals surface area (Å²) < 4.78 is 1.17. The van der Waals surface area contributed by atoms with Crippen molar-refractivity contribution in [2.45, 2.75) is 27.2 Å². The van der Waals surface area contributed by atoms with Crippen LogP contribution in [0.25, 0.3) is 10.2 Å². The second-order valence-corrected chi connectivity index (χ2v) is 6.54. The molecule has 2 rings (SSSR count). The Balaban J connectivity index is 2.35. The molecule has 2 N–H and O–H groups in total. The van der Waals surface area contributed by atoms with Crippen molar-refractivity contribution in [3.8, 4) is 0 Å². The van der Waals surface area contributed by atoms with Crippen molar-refractivity contribution in [3.63, 3.8) is 0 Å². The van der Waals surface area contributed by atoms with E-state index in [0.717, 1.165) is 30.8 Å². The fourth-order valence-electron chi connectivity index (χ4n) is 2.11. The average molecular weight is 278 g/mol. The van der Waals surface area contributed by atoms with Crippen molar-refractivity contribution in [3.05, 3.63) is 17.8 Å². The van der Waals surface area contributed by atoms with E-state index >= 15 is 0 Å². The van der Waals surface area contributed by atoms with Gasteiger partial charge in [-0.15, -0.1) is 11.3 Å². The highest BCUT2D eigenvalue weighted by Gasteiger charge is 2.22. The molecule has 0 aliphatic rings. The molecule has 0 radical (unpaired) electrons. The van der Waals surface area contributed by atoms with Gasteiger partial charge in [-0.1, -0.05) is 20.8 Å². The van der Waals surface area contributed by atoms with Crippen molar-refractivity contribution in [2.75, 3.05) is 24.5 Å². The lowest BCUT2D eigenvalue weighted by Gasteiger charge is -2.32. The molecule has 0 unspecified atom stereocenters. The minimum Gasteiger partial charge on any atom is -0.355 e. The van der Waals surface area contributed by atoms with Gasteiger partial charge in [-0.3, -0.25) is 0 Å². The molecule has 19 heavy (non-hydrogen) atoms. The topological polar surface area (TPSA) is 55.0 Å². The quantitative estimate of drug-likeness (QED) is 0.882. The number of nitrogens with zero attached hydrogens (tertiary/aromatic N) is 3. The largest absolute Gasteiger partial charge is 0.355 e. The van der Waals surface area contributed by atoms with Crippen LogP contribution in [0.1, 0.15) is 27.2 Å². The highest BCUT2D eigenvalue weighted by Crippen LogP contribution is 2.29. The molecule has 2 aromatic rings. The van der Waals surface area contributed by atoms with E-state index in [4.69, 9.17) is 5.73 Å². The molecule has 0 aromatic carbocycles. The third-order valence-electron chi connectivity index (χ3n) is 3.19. The van der Waals surface area contributed by atoms with Crippen LogP contribution < -0.4 is 10.6 Å². The van der Waals surface area contributed by atoms with E-state index in [1.807, 2.05) is 6.07 Å². The van der Waals surface area contributed by atoms with Gasteiger partial charge in [-0.05, 0) is 29.8 Å². The van der Waals surface area contributed by atoms with Crippen LogP contribution in [0.5, 0.6) is 0 Å². The maximum Gasteiger partial charge on any atom is 0.150 e. The molecule has 0 saturated carbocycles. The lowest BCUT2D eigenvalue weighted by molar-refractivity contribution is 0.377. The van der Waals surface area contributed by atoms with E-state index in [1.165, 1.54) is 4.70 Å². The zero-order chi connectivity index (χ0) is 13.9. The smallest absolute Gasteiger partial charge is 0.150 e. The lowest BCUT2D eigenvalue weighted by Crippen LogP contribution is -2.39. The van der Waals surface area contributed by atoms with Crippen molar-refractivity contribution in [2.24, 2.45) is 11.1 Å². The molecule has 0 aliphatic carbocycles. The molecule has 0 spiro atoms. The maximum atomic E-state index is 5.86. The number of fused-ring (bicyclic) bond motifs is 1. The summed E-state index contributed by atoms with van der Waals surface area (Å²) in [6.45, 7) is 9.17. The first-order valence-electron chi connectivity index (χ1n) is 6.70. The minimum atomic E-state index is 0.0870. The molecule has 0 fully saturated rings. The van der Waals surface area contributed by atoms with Crippen molar-refractivity contribution >= 4 is 27.4 Å². The van der Waals surface area contributed by atoms with Crippen LogP contribution in [0.3, 0.4) is 0 Å². The van der Waals surface area contributed by atoms with E-state index in [9.17, 15) is 0 Å². The molecule has 0 aliphatic heterocycles. The summed E-state index contributed by atoms with van der Waals surface area (Å²) in [5.41, 5.74) is 6.98. The van der Waals surface area contributed by atoms with Crippen molar-refractivity contribution in [1.82, 2.24) is 9.97 Å². The zero-order valence-corrected chi connectivity index (χ0v) is 12.7. The van der Waals surface area contributed by atoms with Crippen LogP contribution in [0, 0.1) is 5.41 Å². The molecule has 0 atom stereocenters. The van der Waals surface area contributed by atoms with Crippen LogP contribution in [0.2, 0.25) is 0 Å². The van der Waals surface area contributed by atoms with E-state index in [2.05, 4.69) is 41.0 Å². The number of hydrogen-bond acceptors (Lipinski definition) is 5. The molecular weight excluding hydrogens is 256 g/mol. The number of nitrogens with two attached hydrogens (primary N) is 1. The Morgan fingerprint density at radius 1 is 1.37 bits per heavy atom. The predicted molar refractivity (Wildman–Crippen MR) is 82.8 cm³/mol. The van der Waals surface area contributed by atoms with Crippen molar-refractivity contribution < 1.29 is 0 Å². The Hall–Kier alpha value is -1.20. The summed E-state index contributed by atoms with van der Waals surface area (Å²) in [6, 6.07) is 2.05. The first-order valence-corrected chi connectivity index (χ1v) is 7.58. The summed E-state index contributed by atoms with van der Waals surface area (Å²) in [6.07, 6.45) is 2.75. The Bertz CT molecular complexity index is 535. The van der Waals surface area contributed by atoms with Crippen molar-refractivity contribution in [1.29, 1.82) is 0 Å². The fourth-order valence-corrected chi connectivity index (χ4v) is 2.97. The van der Waals surface area contributed by atoms with Gasteiger partial charge >= 0.3 is 0 Å². The van der Waals surface area contributed by atoms with E-state index in [0.29, 0.717) is 6.54 Å². The van der Waals surface area contributed by atoms with Gasteiger partial charge in [-0.25, -0.2) is 9.97 Å². The highest BCUT2D eigenvalue weighted by molar-refractivity contribution is 7.17. The van der Waals surface area contributed by atoms with Crippen LogP contribution >= 0.6 is 11.3 Å². The average Bonchev–Trinajstić information content (AvgIpc) is 2.86. The molecule has 5 heteroatoms. The summed E-state index contributed by atoms with van der Waals surface area (Å²) >= 11 is 1.70. The Morgan fingerprint density at radius 3 is 2.84 bits per heavy atom. The molecule has 2 aromatic heterocycles. The first-order chi connectivity index (χ1) is 9.07. The van der Waals surface area contributed by atoms with E-state index in [1.54, 1.807) is 17.7 Å². The molecular formula is C14H22N4S. The normalized spacial score (nSPS) is 12.0. The minimum absolute atomic E-state index is 0.0870.